The van der Waals surface area contributed by atoms with Gasteiger partial charge in [0.05, 0.1) is 5.75 Å². The van der Waals surface area contributed by atoms with E-state index in [1.807, 2.05) is 30.3 Å². The molecule has 0 radical (unpaired) electrons. The van der Waals surface area contributed by atoms with Crippen molar-refractivity contribution < 1.29 is 4.79 Å². The first-order valence-electron chi connectivity index (χ1n) is 8.49. The zero-order valence-electron chi connectivity index (χ0n) is 14.5. The second-order valence-corrected chi connectivity index (χ2v) is 8.40. The number of Topliss-reactive ketones (excluding diaryl/α,β-unsaturated/α-hetero) is 1. The number of nitrogens with two attached hydrogens (primary N) is 1. The summed E-state index contributed by atoms with van der Waals surface area (Å²) in [7, 11) is 0. The monoisotopic (exact) mass is 416 g/mol. The summed E-state index contributed by atoms with van der Waals surface area (Å²) < 4.78 is 1.88. The molecule has 28 heavy (non-hydrogen) atoms. The van der Waals surface area contributed by atoms with E-state index in [4.69, 9.17) is 5.73 Å². The van der Waals surface area contributed by atoms with Crippen molar-refractivity contribution in [3.8, 4) is 0 Å². The number of H-pyrrole nitrogens is 1. The maximum absolute atomic E-state index is 12.6. The molecule has 1 aromatic carbocycles. The van der Waals surface area contributed by atoms with Crippen molar-refractivity contribution in [2.45, 2.75) is 23.2 Å². The van der Waals surface area contributed by atoms with Gasteiger partial charge < -0.3 is 11.1 Å². The van der Waals surface area contributed by atoms with Gasteiger partial charge in [-0.25, -0.2) is 4.79 Å². The Labute approximate surface area is 167 Å². The Morgan fingerprint density at radius 1 is 1.29 bits per heavy atom. The number of hydrogen-bond donors (Lipinski definition) is 3. The highest BCUT2D eigenvalue weighted by atomic mass is 32.2. The molecule has 0 aliphatic heterocycles. The number of thioether (sulfide) groups is 1. The SMILES string of the molecule is Nc1c(C(=O)CSc2nnc(Nc3ccccc3)s2)c(=O)[nH]c(=O)n1C1CC1. The van der Waals surface area contributed by atoms with Crippen LogP contribution in [0, 0.1) is 0 Å². The molecule has 4 rings (SSSR count). The van der Waals surface area contributed by atoms with Crippen molar-refractivity contribution in [3.05, 3.63) is 56.7 Å². The van der Waals surface area contributed by atoms with Gasteiger partial charge >= 0.3 is 5.69 Å². The summed E-state index contributed by atoms with van der Waals surface area (Å²) in [5, 5.41) is 11.8. The van der Waals surface area contributed by atoms with E-state index in [0.717, 1.165) is 18.5 Å². The second kappa shape index (κ2) is 7.60. The molecule has 2 aromatic heterocycles. The summed E-state index contributed by atoms with van der Waals surface area (Å²) in [5.74, 6) is -0.549. The van der Waals surface area contributed by atoms with Crippen LogP contribution in [0.5, 0.6) is 0 Å². The van der Waals surface area contributed by atoms with Gasteiger partial charge in [0.2, 0.25) is 5.13 Å². The minimum atomic E-state index is -0.756. The Kier molecular flexibility index (Phi) is 5.01. The summed E-state index contributed by atoms with van der Waals surface area (Å²) >= 11 is 2.46. The van der Waals surface area contributed by atoms with Crippen molar-refractivity contribution in [1.82, 2.24) is 19.7 Å². The van der Waals surface area contributed by atoms with Crippen LogP contribution in [0.3, 0.4) is 0 Å². The molecular weight excluding hydrogens is 400 g/mol. The van der Waals surface area contributed by atoms with E-state index in [2.05, 4.69) is 20.5 Å². The van der Waals surface area contributed by atoms with Crippen LogP contribution in [0.2, 0.25) is 0 Å². The fourth-order valence-electron chi connectivity index (χ4n) is 2.69. The average molecular weight is 416 g/mol. The number of rotatable bonds is 7. The van der Waals surface area contributed by atoms with Crippen LogP contribution < -0.4 is 22.3 Å². The number of aromatic nitrogens is 4. The number of carbonyl (C=O) groups is 1. The molecule has 0 bridgehead atoms. The zero-order valence-corrected chi connectivity index (χ0v) is 16.2. The van der Waals surface area contributed by atoms with Gasteiger partial charge in [-0.05, 0) is 25.0 Å². The first-order chi connectivity index (χ1) is 13.5. The number of ketones is 1. The smallest absolute Gasteiger partial charge is 0.330 e. The van der Waals surface area contributed by atoms with E-state index in [9.17, 15) is 14.4 Å². The Bertz CT molecular complexity index is 1130. The number of hydrogen-bond acceptors (Lipinski definition) is 9. The Morgan fingerprint density at radius 2 is 2.04 bits per heavy atom. The second-order valence-electron chi connectivity index (χ2n) is 6.20. The number of anilines is 3. The quantitative estimate of drug-likeness (QED) is 0.393. The third-order valence-electron chi connectivity index (χ3n) is 4.13. The van der Waals surface area contributed by atoms with E-state index in [1.165, 1.54) is 27.7 Å². The molecule has 144 valence electrons. The van der Waals surface area contributed by atoms with Crippen LogP contribution in [0.15, 0.2) is 44.3 Å². The number of nitrogens with zero attached hydrogens (tertiary/aromatic N) is 3. The highest BCUT2D eigenvalue weighted by Crippen LogP contribution is 2.35. The summed E-state index contributed by atoms with van der Waals surface area (Å²) in [6, 6.07) is 9.49. The topological polar surface area (TPSA) is 136 Å². The van der Waals surface area contributed by atoms with Crippen LogP contribution in [0.1, 0.15) is 29.2 Å². The molecule has 1 saturated carbocycles. The minimum Gasteiger partial charge on any atom is -0.384 e. The third-order valence-corrected chi connectivity index (χ3v) is 6.10. The molecule has 0 unspecified atom stereocenters. The van der Waals surface area contributed by atoms with Gasteiger partial charge in [-0.1, -0.05) is 41.3 Å². The van der Waals surface area contributed by atoms with Gasteiger partial charge in [0.15, 0.2) is 10.1 Å². The molecule has 11 heteroatoms. The fourth-order valence-corrected chi connectivity index (χ4v) is 4.34. The molecule has 0 atom stereocenters. The molecule has 1 aliphatic rings. The zero-order chi connectivity index (χ0) is 19.7. The van der Waals surface area contributed by atoms with Gasteiger partial charge in [-0.3, -0.25) is 19.1 Å². The van der Waals surface area contributed by atoms with Crippen LogP contribution in [0.4, 0.5) is 16.6 Å². The van der Waals surface area contributed by atoms with E-state index in [-0.39, 0.29) is 23.2 Å². The molecule has 4 N–H and O–H groups in total. The highest BCUT2D eigenvalue weighted by Gasteiger charge is 2.30. The van der Waals surface area contributed by atoms with Crippen molar-refractivity contribution in [3.63, 3.8) is 0 Å². The summed E-state index contributed by atoms with van der Waals surface area (Å²) in [5.41, 5.74) is 5.34. The number of benzene rings is 1. The molecule has 2 heterocycles. The molecule has 0 spiro atoms. The predicted octanol–water partition coefficient (Wildman–Crippen LogP) is 2.02. The lowest BCUT2D eigenvalue weighted by Crippen LogP contribution is -2.36. The third kappa shape index (κ3) is 3.85. The van der Waals surface area contributed by atoms with E-state index < -0.39 is 17.0 Å². The molecule has 1 fully saturated rings. The standard InChI is InChI=1S/C17H16N6O3S2/c18-13-12(14(25)20-16(26)23(13)10-6-7-10)11(24)8-27-17-22-21-15(28-17)19-9-4-2-1-3-5-9/h1-5,10H,6-8,18H2,(H,19,21)(H,20,25,26). The summed E-state index contributed by atoms with van der Waals surface area (Å²) in [6.45, 7) is 0. The lowest BCUT2D eigenvalue weighted by atomic mass is 10.2. The molecule has 0 saturated heterocycles. The van der Waals surface area contributed by atoms with Gasteiger partial charge in [0.25, 0.3) is 5.56 Å². The minimum absolute atomic E-state index is 0.0316. The lowest BCUT2D eigenvalue weighted by Gasteiger charge is -2.10. The largest absolute Gasteiger partial charge is 0.384 e. The fraction of sp³-hybridized carbons (Fsp3) is 0.235. The van der Waals surface area contributed by atoms with Gasteiger partial charge in [-0.15, -0.1) is 10.2 Å². The maximum Gasteiger partial charge on any atom is 0.330 e. The van der Waals surface area contributed by atoms with E-state index >= 15 is 0 Å². The van der Waals surface area contributed by atoms with Crippen molar-refractivity contribution >= 4 is 45.5 Å². The van der Waals surface area contributed by atoms with E-state index in [1.54, 1.807) is 0 Å². The van der Waals surface area contributed by atoms with E-state index in [0.29, 0.717) is 9.47 Å². The highest BCUT2D eigenvalue weighted by molar-refractivity contribution is 8.01. The predicted molar refractivity (Wildman–Crippen MR) is 109 cm³/mol. The van der Waals surface area contributed by atoms with Gasteiger partial charge in [-0.2, -0.15) is 0 Å². The number of nitrogens with one attached hydrogen (secondary N) is 2. The molecule has 9 nitrogen and oxygen atoms in total. The molecule has 1 aliphatic carbocycles. The van der Waals surface area contributed by atoms with Crippen LogP contribution in [-0.4, -0.2) is 31.3 Å². The summed E-state index contributed by atoms with van der Waals surface area (Å²) in [4.78, 5) is 38.8. The number of carbonyl (C=O) groups excluding carboxylic acids is 1. The van der Waals surface area contributed by atoms with Crippen molar-refractivity contribution in [2.24, 2.45) is 0 Å². The first-order valence-corrected chi connectivity index (χ1v) is 10.3. The molecule has 3 aromatic rings. The van der Waals surface area contributed by atoms with Crippen LogP contribution >= 0.6 is 23.1 Å². The summed E-state index contributed by atoms with van der Waals surface area (Å²) in [6.07, 6.45) is 1.61. The van der Waals surface area contributed by atoms with Crippen molar-refractivity contribution in [1.29, 1.82) is 0 Å². The number of aromatic amines is 1. The van der Waals surface area contributed by atoms with Gasteiger partial charge in [0.1, 0.15) is 11.4 Å². The van der Waals surface area contributed by atoms with Gasteiger partial charge in [0, 0.05) is 11.7 Å². The van der Waals surface area contributed by atoms with Crippen molar-refractivity contribution in [2.75, 3.05) is 16.8 Å². The molecule has 0 amide bonds. The average Bonchev–Trinajstić information content (AvgIpc) is 3.39. The Hall–Kier alpha value is -2.92. The normalized spacial score (nSPS) is 13.4. The lowest BCUT2D eigenvalue weighted by molar-refractivity contribution is 0.102. The maximum atomic E-state index is 12.6. The molecular formula is C17H16N6O3S2. The Morgan fingerprint density at radius 3 is 2.75 bits per heavy atom. The van der Waals surface area contributed by atoms with Crippen LogP contribution in [0.25, 0.3) is 0 Å². The first kappa shape index (κ1) is 18.4. The number of nitrogen functional groups attached to an aromatic ring is 1. The Balaban J connectivity index is 1.46. The van der Waals surface area contributed by atoms with Crippen LogP contribution in [-0.2, 0) is 0 Å². The number of para-hydroxylation sites is 1.